The predicted molar refractivity (Wildman–Crippen MR) is 206 cm³/mol. The number of benzene rings is 4. The van der Waals surface area contributed by atoms with Gasteiger partial charge in [-0.1, -0.05) is 88.4 Å². The summed E-state index contributed by atoms with van der Waals surface area (Å²) in [6, 6.07) is 38.8. The molecule has 51 heavy (non-hydrogen) atoms. The van der Waals surface area contributed by atoms with Crippen LogP contribution in [-0.2, 0) is 21.1 Å². The molecule has 1 N–H and O–H groups in total. The normalized spacial score (nSPS) is 13.3. The van der Waals surface area contributed by atoms with Crippen molar-refractivity contribution in [1.29, 1.82) is 0 Å². The Morgan fingerprint density at radius 2 is 1.49 bits per heavy atom. The first-order chi connectivity index (χ1) is 24.4. The first-order valence-electron chi connectivity index (χ1n) is 17.3. The van der Waals surface area contributed by atoms with Crippen LogP contribution < -0.4 is 11.1 Å². The second kappa shape index (κ2) is 14.2. The van der Waals surface area contributed by atoms with Gasteiger partial charge in [0.1, 0.15) is 11.6 Å². The maximum Gasteiger partial charge on any atom is 0.331 e. The van der Waals surface area contributed by atoms with Gasteiger partial charge in [-0.05, 0) is 94.5 Å². The van der Waals surface area contributed by atoms with Gasteiger partial charge in [-0.2, -0.15) is 0 Å². The van der Waals surface area contributed by atoms with Crippen LogP contribution in [0.1, 0.15) is 56.4 Å². The number of aromatic hydroxyl groups is 1. The Morgan fingerprint density at radius 3 is 2.20 bits per heavy atom. The second-order valence-electron chi connectivity index (χ2n) is 13.6. The number of hydrogen-bond donors (Lipinski definition) is 1. The Hall–Kier alpha value is -5.19. The van der Waals surface area contributed by atoms with Crippen LogP contribution in [0.4, 0.5) is 0 Å². The Labute approximate surface area is 315 Å². The van der Waals surface area contributed by atoms with Crippen LogP contribution in [0, 0.1) is 6.07 Å². The minimum absolute atomic E-state index is 0. The van der Waals surface area contributed by atoms with Gasteiger partial charge < -0.3 is 14.9 Å². The second-order valence-corrected chi connectivity index (χ2v) is 13.6. The largest absolute Gasteiger partial charge is 0.507 e. The standard InChI is InChI=1S/C44H38BN4O.Pt/c1-29(2)37-26-33(31-15-6-5-7-16-31)27-38(30(3)4)42(37)49-40-28-35-19-11-13-24-48(35)45(43(40)47-44(49)36-20-8-9-22-41(36)50)34-18-14-17-32(25-34)39-21-10-12-23-46-39;/h5-24,26-30,50H,1-4H3;/q-1;. The molecule has 0 unspecified atom stereocenters. The summed E-state index contributed by atoms with van der Waals surface area (Å²) in [7, 11) is 0. The maximum atomic E-state index is 11.4. The van der Waals surface area contributed by atoms with Crippen molar-refractivity contribution in [2.24, 2.45) is 0 Å². The fourth-order valence-electron chi connectivity index (χ4n) is 7.19. The van der Waals surface area contributed by atoms with Crippen LogP contribution in [0.25, 0.3) is 45.5 Å². The third kappa shape index (κ3) is 6.23. The number of aromatic nitrogens is 3. The quantitative estimate of drug-likeness (QED) is 0.129. The number of rotatable bonds is 7. The summed E-state index contributed by atoms with van der Waals surface area (Å²) >= 11 is 0. The van der Waals surface area contributed by atoms with E-state index in [9.17, 15) is 5.11 Å². The van der Waals surface area contributed by atoms with E-state index in [2.05, 4.69) is 139 Å². The zero-order valence-electron chi connectivity index (χ0n) is 29.1. The van der Waals surface area contributed by atoms with E-state index in [1.165, 1.54) is 22.3 Å². The van der Waals surface area contributed by atoms with Gasteiger partial charge in [0, 0.05) is 33.0 Å². The summed E-state index contributed by atoms with van der Waals surface area (Å²) < 4.78 is 2.32. The SMILES string of the molecule is CC(C)c1cc(-c2ccccc2)cc(C(C)C)c1-n1c(-c2ccccc2O)nc2c1C=C1C=CC=CN1B2c1[c-]c(-c2ccccn2)ccc1.[Pt]. The van der Waals surface area contributed by atoms with Gasteiger partial charge in [0.15, 0.2) is 0 Å². The molecule has 0 atom stereocenters. The summed E-state index contributed by atoms with van der Waals surface area (Å²) in [5.41, 5.74) is 12.4. The van der Waals surface area contributed by atoms with Gasteiger partial charge in [0.25, 0.3) is 0 Å². The zero-order valence-corrected chi connectivity index (χ0v) is 31.3. The molecular weight excluding hydrogens is 806 g/mol. The van der Waals surface area contributed by atoms with E-state index in [0.717, 1.165) is 39.4 Å². The van der Waals surface area contributed by atoms with Crippen LogP contribution in [0.3, 0.4) is 0 Å². The van der Waals surface area contributed by atoms with Crippen LogP contribution >= 0.6 is 0 Å². The van der Waals surface area contributed by atoms with Gasteiger partial charge in [0.05, 0.1) is 22.5 Å². The van der Waals surface area contributed by atoms with Crippen molar-refractivity contribution in [3.8, 4) is 45.2 Å². The molecule has 0 saturated carbocycles. The number of allylic oxidation sites excluding steroid dienone is 3. The molecule has 4 aromatic carbocycles. The van der Waals surface area contributed by atoms with Crippen LogP contribution in [-0.4, -0.2) is 31.3 Å². The van der Waals surface area contributed by atoms with Gasteiger partial charge >= 0.3 is 6.85 Å². The number of nitrogens with zero attached hydrogens (tertiary/aromatic N) is 4. The maximum absolute atomic E-state index is 11.4. The van der Waals surface area contributed by atoms with Crippen LogP contribution in [0.5, 0.6) is 5.75 Å². The van der Waals surface area contributed by atoms with Crippen molar-refractivity contribution < 1.29 is 26.2 Å². The number of pyridine rings is 1. The summed E-state index contributed by atoms with van der Waals surface area (Å²) in [6.07, 6.45) is 12.5. The Bertz CT molecular complexity index is 2280. The number of para-hydroxylation sites is 1. The van der Waals surface area contributed by atoms with Gasteiger partial charge in [-0.15, -0.1) is 35.3 Å². The monoisotopic (exact) mass is 844 g/mol. The first kappa shape index (κ1) is 34.3. The van der Waals surface area contributed by atoms with Gasteiger partial charge in [-0.25, -0.2) is 4.98 Å². The molecular formula is C44H38BN4OPt-. The Balaban J connectivity index is 0.00000406. The molecule has 2 aromatic heterocycles. The average Bonchev–Trinajstić information content (AvgIpc) is 3.52. The summed E-state index contributed by atoms with van der Waals surface area (Å²) in [5.74, 6) is 1.33. The summed E-state index contributed by atoms with van der Waals surface area (Å²) in [4.78, 5) is 12.4. The van der Waals surface area contributed by atoms with E-state index in [4.69, 9.17) is 4.98 Å². The molecule has 5 nitrogen and oxygen atoms in total. The topological polar surface area (TPSA) is 54.2 Å². The number of fused-ring (bicyclic) bond motifs is 2. The molecule has 7 heteroatoms. The molecule has 6 aromatic rings. The molecule has 4 heterocycles. The van der Waals surface area contributed by atoms with E-state index in [0.29, 0.717) is 11.4 Å². The van der Waals surface area contributed by atoms with Crippen molar-refractivity contribution in [2.45, 2.75) is 39.5 Å². The molecule has 0 fully saturated rings. The van der Waals surface area contributed by atoms with E-state index in [-0.39, 0.29) is 45.5 Å². The summed E-state index contributed by atoms with van der Waals surface area (Å²) in [5, 5.41) is 11.4. The van der Waals surface area contributed by atoms with Gasteiger partial charge in [0.2, 0.25) is 0 Å². The third-order valence-corrected chi connectivity index (χ3v) is 9.63. The van der Waals surface area contributed by atoms with Crippen LogP contribution in [0.15, 0.2) is 139 Å². The molecule has 254 valence electrons. The number of hydrogen-bond acceptors (Lipinski definition) is 4. The van der Waals surface area contributed by atoms with Crippen molar-refractivity contribution in [3.63, 3.8) is 0 Å². The molecule has 2 aliphatic rings. The minimum Gasteiger partial charge on any atom is -0.507 e. The van der Waals surface area contributed by atoms with Crippen molar-refractivity contribution in [3.05, 3.63) is 162 Å². The zero-order chi connectivity index (χ0) is 34.4. The van der Waals surface area contributed by atoms with Crippen LogP contribution in [0.2, 0.25) is 0 Å². The molecule has 0 spiro atoms. The Kier molecular flexibility index (Phi) is 9.55. The minimum atomic E-state index is -0.269. The predicted octanol–water partition coefficient (Wildman–Crippen LogP) is 8.86. The number of phenols is 1. The molecule has 0 bridgehead atoms. The molecule has 0 amide bonds. The number of imidazole rings is 1. The third-order valence-electron chi connectivity index (χ3n) is 9.63. The first-order valence-corrected chi connectivity index (χ1v) is 17.3. The van der Waals surface area contributed by atoms with E-state index in [1.807, 2.05) is 42.6 Å². The molecule has 2 aliphatic heterocycles. The fraction of sp³-hybridized carbons (Fsp3) is 0.136. The smallest absolute Gasteiger partial charge is 0.331 e. The number of phenolic OH excluding ortho intramolecular Hbond substituents is 1. The van der Waals surface area contributed by atoms with E-state index >= 15 is 0 Å². The van der Waals surface area contributed by atoms with E-state index in [1.54, 1.807) is 6.07 Å². The van der Waals surface area contributed by atoms with Crippen molar-refractivity contribution >= 4 is 24.0 Å². The van der Waals surface area contributed by atoms with Crippen molar-refractivity contribution in [2.75, 3.05) is 0 Å². The van der Waals surface area contributed by atoms with E-state index < -0.39 is 0 Å². The van der Waals surface area contributed by atoms with Gasteiger partial charge in [-0.3, -0.25) is 4.57 Å². The molecule has 0 aliphatic carbocycles. The fourth-order valence-corrected chi connectivity index (χ4v) is 7.19. The molecule has 8 rings (SSSR count). The summed E-state index contributed by atoms with van der Waals surface area (Å²) in [6.45, 7) is 8.77. The van der Waals surface area contributed by atoms with Crippen molar-refractivity contribution in [1.82, 2.24) is 19.3 Å². The molecule has 0 saturated heterocycles. The Morgan fingerprint density at radius 1 is 0.765 bits per heavy atom. The molecule has 0 radical (unpaired) electrons. The average molecular weight is 845 g/mol.